The number of phenols is 2. The van der Waals surface area contributed by atoms with E-state index in [0.29, 0.717) is 22.8 Å². The lowest BCUT2D eigenvalue weighted by atomic mass is 9.84. The number of ether oxygens (including phenoxy) is 3. The Hall–Kier alpha value is -2.60. The van der Waals surface area contributed by atoms with Gasteiger partial charge < -0.3 is 28.9 Å². The number of hydrogen-bond acceptors (Lipinski definition) is 5. The average molecular weight is 386 g/mol. The first-order valence-corrected chi connectivity index (χ1v) is 9.56. The summed E-state index contributed by atoms with van der Waals surface area (Å²) in [4.78, 5) is 0. The number of benzene rings is 2. The van der Waals surface area contributed by atoms with Gasteiger partial charge in [-0.15, -0.1) is 0 Å². The van der Waals surface area contributed by atoms with Gasteiger partial charge >= 0.3 is 0 Å². The minimum atomic E-state index is -0.0530. The lowest BCUT2D eigenvalue weighted by Gasteiger charge is -2.43. The molecule has 0 aromatic heterocycles. The molecule has 0 saturated heterocycles. The van der Waals surface area contributed by atoms with Crippen molar-refractivity contribution in [2.75, 3.05) is 42.0 Å². The van der Waals surface area contributed by atoms with Crippen molar-refractivity contribution in [3.05, 3.63) is 28.8 Å². The molecular formula is C22H28NO5+. The van der Waals surface area contributed by atoms with Crippen molar-refractivity contribution < 1.29 is 28.9 Å². The van der Waals surface area contributed by atoms with Gasteiger partial charge in [-0.05, 0) is 29.7 Å². The van der Waals surface area contributed by atoms with Crippen LogP contribution in [0.15, 0.2) is 12.1 Å². The topological polar surface area (TPSA) is 68.2 Å². The molecule has 1 heterocycles. The largest absolute Gasteiger partial charge is 0.504 e. The Bertz CT molecular complexity index is 951. The second-order valence-electron chi connectivity index (χ2n) is 8.18. The van der Waals surface area contributed by atoms with Crippen LogP contribution in [-0.2, 0) is 12.8 Å². The fraction of sp³-hybridized carbons (Fsp3) is 0.455. The van der Waals surface area contributed by atoms with E-state index >= 15 is 0 Å². The van der Waals surface area contributed by atoms with E-state index in [2.05, 4.69) is 14.1 Å². The third-order valence-corrected chi connectivity index (χ3v) is 6.41. The highest BCUT2D eigenvalue weighted by atomic mass is 16.5. The van der Waals surface area contributed by atoms with Crippen LogP contribution >= 0.6 is 0 Å². The number of phenolic OH excluding ortho intramolecular Hbond substituents is 2. The maximum atomic E-state index is 11.2. The second kappa shape index (κ2) is 6.48. The lowest BCUT2D eigenvalue weighted by Crippen LogP contribution is -2.48. The van der Waals surface area contributed by atoms with Crippen LogP contribution in [0.2, 0.25) is 0 Å². The summed E-state index contributed by atoms with van der Waals surface area (Å²) in [5.41, 5.74) is 4.77. The number of likely N-dealkylation sites (N-methyl/N-ethyl adjacent to an activating group) is 1. The molecule has 0 radical (unpaired) electrons. The van der Waals surface area contributed by atoms with E-state index in [9.17, 15) is 10.2 Å². The Morgan fingerprint density at radius 1 is 0.857 bits per heavy atom. The predicted molar refractivity (Wildman–Crippen MR) is 107 cm³/mol. The first kappa shape index (κ1) is 18.7. The van der Waals surface area contributed by atoms with Gasteiger partial charge in [-0.1, -0.05) is 0 Å². The molecule has 0 bridgehead atoms. The first-order valence-electron chi connectivity index (χ1n) is 9.56. The maximum absolute atomic E-state index is 11.2. The number of methoxy groups -OCH3 is 3. The van der Waals surface area contributed by atoms with Gasteiger partial charge in [0, 0.05) is 29.5 Å². The Kier molecular flexibility index (Phi) is 4.34. The molecule has 1 aliphatic carbocycles. The van der Waals surface area contributed by atoms with E-state index in [1.165, 1.54) is 19.8 Å². The highest BCUT2D eigenvalue weighted by Gasteiger charge is 2.42. The third kappa shape index (κ3) is 2.51. The third-order valence-electron chi connectivity index (χ3n) is 6.41. The quantitative estimate of drug-likeness (QED) is 0.792. The van der Waals surface area contributed by atoms with Gasteiger partial charge in [0.1, 0.15) is 6.04 Å². The van der Waals surface area contributed by atoms with Gasteiger partial charge in [-0.3, -0.25) is 0 Å². The molecule has 0 unspecified atom stereocenters. The Morgan fingerprint density at radius 3 is 2.14 bits per heavy atom. The zero-order chi connectivity index (χ0) is 20.2. The maximum Gasteiger partial charge on any atom is 0.201 e. The normalized spacial score (nSPS) is 19.2. The Labute approximate surface area is 165 Å². The predicted octanol–water partition coefficient (Wildman–Crippen LogP) is 3.41. The highest BCUT2D eigenvalue weighted by Crippen LogP contribution is 2.57. The molecule has 0 amide bonds. The summed E-state index contributed by atoms with van der Waals surface area (Å²) in [5.74, 6) is 1.20. The molecule has 0 saturated carbocycles. The van der Waals surface area contributed by atoms with E-state index in [0.717, 1.165) is 47.0 Å². The smallest absolute Gasteiger partial charge is 0.201 e. The van der Waals surface area contributed by atoms with Crippen LogP contribution < -0.4 is 14.2 Å². The van der Waals surface area contributed by atoms with Crippen LogP contribution in [-0.4, -0.2) is 56.7 Å². The van der Waals surface area contributed by atoms with Crippen LogP contribution in [0.1, 0.15) is 29.2 Å². The monoisotopic (exact) mass is 386 g/mol. The summed E-state index contributed by atoms with van der Waals surface area (Å²) < 4.78 is 17.3. The number of aryl methyl sites for hydroxylation is 1. The van der Waals surface area contributed by atoms with Crippen LogP contribution in [0, 0.1) is 0 Å². The van der Waals surface area contributed by atoms with E-state index in [1.54, 1.807) is 7.11 Å². The number of hydrogen-bond donors (Lipinski definition) is 2. The van der Waals surface area contributed by atoms with Crippen molar-refractivity contribution in [2.45, 2.75) is 25.3 Å². The molecular weight excluding hydrogens is 358 g/mol. The number of nitrogens with zero attached hydrogens (tertiary/aromatic N) is 1. The average Bonchev–Trinajstić information content (AvgIpc) is 2.85. The highest BCUT2D eigenvalue weighted by molar-refractivity contribution is 5.88. The number of rotatable bonds is 3. The summed E-state index contributed by atoms with van der Waals surface area (Å²) in [7, 11) is 9.10. The molecule has 1 atom stereocenters. The molecule has 1 aliphatic heterocycles. The van der Waals surface area contributed by atoms with Crippen molar-refractivity contribution >= 4 is 0 Å². The Morgan fingerprint density at radius 2 is 1.50 bits per heavy atom. The van der Waals surface area contributed by atoms with E-state index < -0.39 is 0 Å². The van der Waals surface area contributed by atoms with Crippen LogP contribution in [0.3, 0.4) is 0 Å². The van der Waals surface area contributed by atoms with Crippen molar-refractivity contribution in [1.82, 2.24) is 0 Å². The van der Waals surface area contributed by atoms with E-state index in [-0.39, 0.29) is 17.5 Å². The lowest BCUT2D eigenvalue weighted by molar-refractivity contribution is -0.923. The number of aromatic hydroxyl groups is 2. The van der Waals surface area contributed by atoms with Gasteiger partial charge in [0.15, 0.2) is 23.0 Å². The van der Waals surface area contributed by atoms with Gasteiger partial charge in [-0.25, -0.2) is 0 Å². The van der Waals surface area contributed by atoms with Gasteiger partial charge in [-0.2, -0.15) is 0 Å². The minimum absolute atomic E-state index is 0.0530. The van der Waals surface area contributed by atoms with Gasteiger partial charge in [0.2, 0.25) is 5.75 Å². The van der Waals surface area contributed by atoms with E-state index in [4.69, 9.17) is 14.2 Å². The fourth-order valence-corrected chi connectivity index (χ4v) is 4.91. The zero-order valence-electron chi connectivity index (χ0n) is 17.1. The number of quaternary nitrogens is 1. The molecule has 2 aromatic carbocycles. The molecule has 2 N–H and O–H groups in total. The van der Waals surface area contributed by atoms with Crippen molar-refractivity contribution in [3.8, 4) is 39.9 Å². The molecule has 6 heteroatoms. The molecule has 4 rings (SSSR count). The molecule has 0 spiro atoms. The SMILES string of the molecule is COc1cc2c(c(OC)c1O)-c1c(O)c(OC)cc3c1[C@@H](CC2)[N+](C)(C)CC3. The van der Waals surface area contributed by atoms with Crippen molar-refractivity contribution in [1.29, 1.82) is 0 Å². The van der Waals surface area contributed by atoms with Crippen molar-refractivity contribution in [2.24, 2.45) is 0 Å². The molecule has 28 heavy (non-hydrogen) atoms. The summed E-state index contributed by atoms with van der Waals surface area (Å²) in [6, 6.07) is 4.05. The molecule has 150 valence electrons. The summed E-state index contributed by atoms with van der Waals surface area (Å²) in [6.45, 7) is 1.02. The van der Waals surface area contributed by atoms with Crippen LogP contribution in [0.4, 0.5) is 0 Å². The summed E-state index contributed by atoms with van der Waals surface area (Å²) >= 11 is 0. The molecule has 2 aliphatic rings. The van der Waals surface area contributed by atoms with Gasteiger partial charge in [0.05, 0.1) is 42.0 Å². The standard InChI is InChI=1S/C22H27NO5/c1-23(2)9-8-13-11-15(26-3)20(24)19-17(13)14(23)7-6-12-10-16(27-4)21(25)22(28-5)18(12)19/h10-11,14H,6-9H2,1-5H3,(H-,24,25)/p+1/t14-/m1/s1. The first-order chi connectivity index (χ1) is 13.3. The molecule has 2 aromatic rings. The minimum Gasteiger partial charge on any atom is -0.504 e. The summed E-state index contributed by atoms with van der Waals surface area (Å²) in [5, 5.41) is 21.9. The van der Waals surface area contributed by atoms with Gasteiger partial charge in [0.25, 0.3) is 0 Å². The van der Waals surface area contributed by atoms with Crippen LogP contribution in [0.5, 0.6) is 28.7 Å². The van der Waals surface area contributed by atoms with E-state index in [1.807, 2.05) is 12.1 Å². The molecule has 0 fully saturated rings. The molecule has 6 nitrogen and oxygen atoms in total. The van der Waals surface area contributed by atoms with Crippen molar-refractivity contribution in [3.63, 3.8) is 0 Å². The Balaban J connectivity index is 2.14. The fourth-order valence-electron chi connectivity index (χ4n) is 4.91. The number of fused-ring (bicyclic) bond motifs is 2. The zero-order valence-corrected chi connectivity index (χ0v) is 17.1. The second-order valence-corrected chi connectivity index (χ2v) is 8.18. The summed E-state index contributed by atoms with van der Waals surface area (Å²) in [6.07, 6.45) is 2.63. The van der Waals surface area contributed by atoms with Crippen LogP contribution in [0.25, 0.3) is 11.1 Å².